The number of aromatic hydroxyl groups is 1. The van der Waals surface area contributed by atoms with Gasteiger partial charge in [0.05, 0.1) is 31.2 Å². The van der Waals surface area contributed by atoms with Crippen LogP contribution >= 0.6 is 11.8 Å². The Bertz CT molecular complexity index is 1130. The number of benzene rings is 1. The molecule has 31 heavy (non-hydrogen) atoms. The SMILES string of the molecule is COc1cc(/C=N\n2c(C)nnc2SCn2nc(C)c([N+](=O)[O-])c2C)cc(OC)c1O. The van der Waals surface area contributed by atoms with E-state index in [4.69, 9.17) is 9.47 Å². The second-order valence-corrected chi connectivity index (χ2v) is 7.32. The molecule has 0 radical (unpaired) electrons. The quantitative estimate of drug-likeness (QED) is 0.238. The van der Waals surface area contributed by atoms with Gasteiger partial charge in [0.15, 0.2) is 17.3 Å². The highest BCUT2D eigenvalue weighted by molar-refractivity contribution is 7.98. The van der Waals surface area contributed by atoms with Gasteiger partial charge in [-0.2, -0.15) is 14.9 Å². The first-order valence-electron chi connectivity index (χ1n) is 8.99. The number of nitro groups is 1. The van der Waals surface area contributed by atoms with Crippen molar-refractivity contribution in [3.05, 3.63) is 45.0 Å². The molecule has 0 saturated carbocycles. The van der Waals surface area contributed by atoms with Crippen LogP contribution in [-0.4, -0.2) is 55.1 Å². The molecule has 0 unspecified atom stereocenters. The fraction of sp³-hybridized carbons (Fsp3) is 0.333. The van der Waals surface area contributed by atoms with Crippen LogP contribution in [-0.2, 0) is 5.88 Å². The number of aryl methyl sites for hydroxylation is 2. The van der Waals surface area contributed by atoms with Crippen molar-refractivity contribution in [2.45, 2.75) is 31.8 Å². The fourth-order valence-electron chi connectivity index (χ4n) is 2.87. The Labute approximate surface area is 181 Å². The molecule has 3 rings (SSSR count). The van der Waals surface area contributed by atoms with Crippen LogP contribution in [0.1, 0.15) is 22.8 Å². The standard InChI is InChI=1S/C18H21N7O5S/c1-10-16(25(27)28)11(2)23(22-10)9-31-18-21-20-12(3)24(18)19-8-13-6-14(29-4)17(26)15(7-13)30-5/h6-8,26H,9H2,1-5H3/b19-8-. The van der Waals surface area contributed by atoms with E-state index in [0.29, 0.717) is 33.8 Å². The van der Waals surface area contributed by atoms with Gasteiger partial charge in [-0.15, -0.1) is 10.2 Å². The molecule has 0 atom stereocenters. The van der Waals surface area contributed by atoms with Crippen molar-refractivity contribution in [3.8, 4) is 17.2 Å². The van der Waals surface area contributed by atoms with Crippen molar-refractivity contribution in [2.75, 3.05) is 14.2 Å². The van der Waals surface area contributed by atoms with Gasteiger partial charge in [-0.3, -0.25) is 14.8 Å². The summed E-state index contributed by atoms with van der Waals surface area (Å²) in [5, 5.41) is 38.5. The predicted molar refractivity (Wildman–Crippen MR) is 113 cm³/mol. The number of nitrogens with zero attached hydrogens (tertiary/aromatic N) is 7. The van der Waals surface area contributed by atoms with Gasteiger partial charge in [-0.25, -0.2) is 0 Å². The topological polar surface area (TPSA) is 143 Å². The Hall–Kier alpha value is -3.61. The lowest BCUT2D eigenvalue weighted by atomic mass is 10.2. The summed E-state index contributed by atoms with van der Waals surface area (Å²) in [6.45, 7) is 5.00. The lowest BCUT2D eigenvalue weighted by Crippen LogP contribution is -2.02. The van der Waals surface area contributed by atoms with E-state index in [1.165, 1.54) is 30.7 Å². The third-order valence-corrected chi connectivity index (χ3v) is 5.32. The van der Waals surface area contributed by atoms with Crippen LogP contribution in [0.3, 0.4) is 0 Å². The highest BCUT2D eigenvalue weighted by Gasteiger charge is 2.22. The molecule has 0 bridgehead atoms. The molecule has 1 aromatic carbocycles. The maximum absolute atomic E-state index is 11.2. The second kappa shape index (κ2) is 9.04. The zero-order valence-electron chi connectivity index (χ0n) is 17.6. The van der Waals surface area contributed by atoms with E-state index in [9.17, 15) is 15.2 Å². The molecule has 0 amide bonds. The van der Waals surface area contributed by atoms with Crippen LogP contribution < -0.4 is 9.47 Å². The van der Waals surface area contributed by atoms with Crippen LogP contribution in [0, 0.1) is 30.9 Å². The molecular formula is C18H21N7O5S. The monoisotopic (exact) mass is 447 g/mol. The van der Waals surface area contributed by atoms with Crippen LogP contribution in [0.2, 0.25) is 0 Å². The fourth-order valence-corrected chi connectivity index (χ4v) is 3.76. The molecule has 12 nitrogen and oxygen atoms in total. The summed E-state index contributed by atoms with van der Waals surface area (Å²) in [5.74, 6) is 1.26. The number of methoxy groups -OCH3 is 2. The molecule has 1 N–H and O–H groups in total. The molecule has 0 spiro atoms. The van der Waals surface area contributed by atoms with Crippen LogP contribution in [0.25, 0.3) is 0 Å². The normalized spacial score (nSPS) is 11.3. The van der Waals surface area contributed by atoms with Crippen molar-refractivity contribution in [1.29, 1.82) is 0 Å². The molecule has 0 aliphatic rings. The molecule has 0 fully saturated rings. The summed E-state index contributed by atoms with van der Waals surface area (Å²) in [5.41, 5.74) is 1.45. The van der Waals surface area contributed by atoms with Crippen molar-refractivity contribution < 1.29 is 19.5 Å². The van der Waals surface area contributed by atoms with E-state index in [-0.39, 0.29) is 22.9 Å². The molecular weight excluding hydrogens is 426 g/mol. The van der Waals surface area contributed by atoms with Gasteiger partial charge in [0.2, 0.25) is 10.9 Å². The number of rotatable bonds is 8. The van der Waals surface area contributed by atoms with Gasteiger partial charge in [0.25, 0.3) is 0 Å². The third-order valence-electron chi connectivity index (χ3n) is 4.43. The van der Waals surface area contributed by atoms with Gasteiger partial charge in [-0.05, 0) is 32.9 Å². The number of thioether (sulfide) groups is 1. The average Bonchev–Trinajstić information content (AvgIpc) is 3.23. The molecule has 0 aliphatic heterocycles. The number of phenols is 1. The van der Waals surface area contributed by atoms with Crippen LogP contribution in [0.4, 0.5) is 5.69 Å². The van der Waals surface area contributed by atoms with Crippen LogP contribution in [0.15, 0.2) is 22.4 Å². The Morgan fingerprint density at radius 1 is 1.23 bits per heavy atom. The predicted octanol–water partition coefficient (Wildman–Crippen LogP) is 2.66. The first-order chi connectivity index (χ1) is 14.8. The second-order valence-electron chi connectivity index (χ2n) is 6.41. The number of hydrogen-bond acceptors (Lipinski definition) is 10. The smallest absolute Gasteiger partial charge is 0.312 e. The van der Waals surface area contributed by atoms with Crippen molar-refractivity contribution in [3.63, 3.8) is 0 Å². The Morgan fingerprint density at radius 3 is 2.42 bits per heavy atom. The Morgan fingerprint density at radius 2 is 1.87 bits per heavy atom. The Balaban J connectivity index is 1.84. The summed E-state index contributed by atoms with van der Waals surface area (Å²) < 4.78 is 13.4. The Kier molecular flexibility index (Phi) is 6.44. The van der Waals surface area contributed by atoms with E-state index in [0.717, 1.165) is 0 Å². The minimum atomic E-state index is -0.435. The first-order valence-corrected chi connectivity index (χ1v) is 9.97. The zero-order chi connectivity index (χ0) is 22.7. The molecule has 3 aromatic rings. The summed E-state index contributed by atoms with van der Waals surface area (Å²) in [4.78, 5) is 10.8. The first kappa shape index (κ1) is 22.1. The summed E-state index contributed by atoms with van der Waals surface area (Å²) in [6, 6.07) is 3.23. The molecule has 164 valence electrons. The van der Waals surface area contributed by atoms with E-state index in [2.05, 4.69) is 20.4 Å². The maximum atomic E-state index is 11.2. The van der Waals surface area contributed by atoms with Gasteiger partial charge in [0, 0.05) is 5.56 Å². The third kappa shape index (κ3) is 4.45. The van der Waals surface area contributed by atoms with Gasteiger partial charge >= 0.3 is 5.69 Å². The molecule has 0 aliphatic carbocycles. The zero-order valence-corrected chi connectivity index (χ0v) is 18.4. The van der Waals surface area contributed by atoms with Gasteiger partial charge in [-0.1, -0.05) is 11.8 Å². The highest BCUT2D eigenvalue weighted by atomic mass is 32.2. The number of hydrogen-bond donors (Lipinski definition) is 1. The highest BCUT2D eigenvalue weighted by Crippen LogP contribution is 2.36. The number of phenolic OH excluding ortho intramolecular Hbond substituents is 1. The minimum Gasteiger partial charge on any atom is -0.502 e. The number of aromatic nitrogens is 5. The van der Waals surface area contributed by atoms with E-state index in [1.54, 1.807) is 43.8 Å². The van der Waals surface area contributed by atoms with E-state index < -0.39 is 4.92 Å². The van der Waals surface area contributed by atoms with Crippen molar-refractivity contribution in [2.24, 2.45) is 5.10 Å². The lowest BCUT2D eigenvalue weighted by molar-refractivity contribution is -0.386. The van der Waals surface area contributed by atoms with E-state index in [1.807, 2.05) is 0 Å². The summed E-state index contributed by atoms with van der Waals surface area (Å²) >= 11 is 1.29. The van der Waals surface area contributed by atoms with Crippen molar-refractivity contribution >= 4 is 23.7 Å². The maximum Gasteiger partial charge on any atom is 0.312 e. The van der Waals surface area contributed by atoms with Crippen LogP contribution in [0.5, 0.6) is 17.2 Å². The molecule has 0 saturated heterocycles. The largest absolute Gasteiger partial charge is 0.502 e. The molecule has 13 heteroatoms. The van der Waals surface area contributed by atoms with Crippen molar-refractivity contribution in [1.82, 2.24) is 24.7 Å². The summed E-state index contributed by atoms with van der Waals surface area (Å²) in [6.07, 6.45) is 1.55. The molecule has 2 heterocycles. The minimum absolute atomic E-state index is 0.00601. The lowest BCUT2D eigenvalue weighted by Gasteiger charge is -2.09. The van der Waals surface area contributed by atoms with Gasteiger partial charge < -0.3 is 14.6 Å². The van der Waals surface area contributed by atoms with Gasteiger partial charge in [0.1, 0.15) is 11.4 Å². The average molecular weight is 447 g/mol. The van der Waals surface area contributed by atoms with E-state index >= 15 is 0 Å². The summed E-state index contributed by atoms with van der Waals surface area (Å²) in [7, 11) is 2.88. The molecule has 2 aromatic heterocycles. The number of ether oxygens (including phenoxy) is 2.